The van der Waals surface area contributed by atoms with E-state index in [1.165, 1.54) is 11.8 Å². The first-order chi connectivity index (χ1) is 36.6. The minimum atomic E-state index is -1.35. The Bertz CT molecular complexity index is 2740. The fraction of sp³-hybridized carbons (Fsp3) is 0.250. The minimum Gasteiger partial charge on any atom is -0.457 e. The minimum absolute atomic E-state index is 0.0829. The van der Waals surface area contributed by atoms with Gasteiger partial charge in [0.05, 0.1) is 34.5 Å². The molecule has 0 radical (unpaired) electrons. The third-order valence-corrected chi connectivity index (χ3v) is 16.8. The summed E-state index contributed by atoms with van der Waals surface area (Å²) in [5.74, 6) is -1.94. The van der Waals surface area contributed by atoms with Crippen molar-refractivity contribution in [2.24, 2.45) is 5.92 Å². The molecule has 0 unspecified atom stereocenters. The van der Waals surface area contributed by atoms with Gasteiger partial charge in [0.25, 0.3) is 0 Å². The molecule has 0 aliphatic carbocycles. The maximum atomic E-state index is 14.9. The fourth-order valence-electron chi connectivity index (χ4n) is 9.86. The number of cyclic esters (lactones) is 1. The molecule has 75 heavy (non-hydrogen) atoms. The van der Waals surface area contributed by atoms with Crippen LogP contribution in [0.3, 0.4) is 0 Å². The molecule has 384 valence electrons. The second kappa shape index (κ2) is 26.3. The van der Waals surface area contributed by atoms with E-state index < -0.39 is 69.9 Å². The first-order valence-electron chi connectivity index (χ1n) is 25.7. The summed E-state index contributed by atoms with van der Waals surface area (Å²) in [4.78, 5) is 57.9. The molecule has 0 bridgehead atoms. The van der Waals surface area contributed by atoms with Gasteiger partial charge >= 0.3 is 5.97 Å². The number of aliphatic hydroxyl groups is 1. The molecule has 0 spiro atoms. The molecule has 1 heterocycles. The summed E-state index contributed by atoms with van der Waals surface area (Å²) in [6, 6.07) is 67.7. The van der Waals surface area contributed by atoms with Crippen LogP contribution >= 0.6 is 23.5 Å². The van der Waals surface area contributed by atoms with Crippen LogP contribution in [0, 0.1) is 5.92 Å². The zero-order valence-electron chi connectivity index (χ0n) is 42.4. The fourth-order valence-corrected chi connectivity index (χ4v) is 12.9. The van der Waals surface area contributed by atoms with E-state index in [1.807, 2.05) is 123 Å². The molecule has 1 saturated heterocycles. The molecule has 11 heteroatoms. The van der Waals surface area contributed by atoms with Gasteiger partial charge in [-0.05, 0) is 63.1 Å². The Kier molecular flexibility index (Phi) is 19.0. The highest BCUT2D eigenvalue weighted by molar-refractivity contribution is 8.00. The lowest BCUT2D eigenvalue weighted by atomic mass is 9.84. The molecule has 1 fully saturated rings. The number of amides is 3. The molecule has 7 aromatic carbocycles. The average Bonchev–Trinajstić information content (AvgIpc) is 3.44. The average molecular weight is 1040 g/mol. The Morgan fingerprint density at radius 2 is 0.933 bits per heavy atom. The van der Waals surface area contributed by atoms with Gasteiger partial charge in [-0.3, -0.25) is 19.2 Å². The lowest BCUT2D eigenvalue weighted by Gasteiger charge is -2.37. The van der Waals surface area contributed by atoms with Crippen molar-refractivity contribution in [2.75, 3.05) is 11.5 Å². The van der Waals surface area contributed by atoms with Crippen LogP contribution < -0.4 is 16.0 Å². The Hall–Kier alpha value is -7.18. The number of allylic oxidation sites excluding steroid dienone is 1. The van der Waals surface area contributed by atoms with Gasteiger partial charge in [-0.1, -0.05) is 232 Å². The van der Waals surface area contributed by atoms with Crippen LogP contribution in [0.1, 0.15) is 72.1 Å². The molecule has 0 saturated carbocycles. The highest BCUT2D eigenvalue weighted by Gasteiger charge is 2.41. The molecule has 9 nitrogen and oxygen atoms in total. The van der Waals surface area contributed by atoms with E-state index in [-0.39, 0.29) is 24.5 Å². The number of nitrogens with one attached hydrogen (secondary N) is 3. The van der Waals surface area contributed by atoms with Crippen molar-refractivity contribution < 1.29 is 29.0 Å². The number of ether oxygens (including phenoxy) is 1. The van der Waals surface area contributed by atoms with Crippen molar-refractivity contribution in [3.05, 3.63) is 263 Å². The molecule has 1 aliphatic rings. The largest absolute Gasteiger partial charge is 0.457 e. The molecule has 8 rings (SSSR count). The van der Waals surface area contributed by atoms with E-state index in [1.54, 1.807) is 17.8 Å². The highest BCUT2D eigenvalue weighted by Crippen LogP contribution is 2.50. The van der Waals surface area contributed by atoms with E-state index in [0.717, 1.165) is 38.9 Å². The van der Waals surface area contributed by atoms with Gasteiger partial charge in [-0.2, -0.15) is 0 Å². The van der Waals surface area contributed by atoms with Gasteiger partial charge in [0.15, 0.2) is 0 Å². The van der Waals surface area contributed by atoms with Crippen LogP contribution in [-0.4, -0.2) is 70.6 Å². The Morgan fingerprint density at radius 3 is 1.36 bits per heavy atom. The molecule has 1 aliphatic heterocycles. The Balaban J connectivity index is 1.09. The van der Waals surface area contributed by atoms with Gasteiger partial charge in [-0.25, -0.2) is 0 Å². The topological polar surface area (TPSA) is 134 Å². The summed E-state index contributed by atoms with van der Waals surface area (Å²) in [6.07, 6.45) is 1.22. The third-order valence-electron chi connectivity index (χ3n) is 13.6. The van der Waals surface area contributed by atoms with E-state index in [2.05, 4.69) is 125 Å². The predicted molar refractivity (Wildman–Crippen MR) is 303 cm³/mol. The first-order valence-corrected chi connectivity index (χ1v) is 27.6. The lowest BCUT2D eigenvalue weighted by molar-refractivity contribution is -0.151. The lowest BCUT2D eigenvalue weighted by Crippen LogP contribution is -2.58. The number of carbonyl (C=O) groups excluding carboxylic acids is 4. The maximum Gasteiger partial charge on any atom is 0.309 e. The SMILES string of the molecule is CC(C)[C@H]1NC(=O)[C@@H](CSC(c2ccccc2)(c2ccccc2)c2ccccc2)NC(=O)[C@@H](Cc2ccccc2)NC(=O)C[C@@H](C=CCCSC(c2ccccc2)(c2ccccc2)c2ccccc2)OC(=O)C[C@@H]1O. The summed E-state index contributed by atoms with van der Waals surface area (Å²) < 4.78 is 4.64. The molecular weight excluding hydrogens is 971 g/mol. The second-order valence-corrected chi connectivity index (χ2v) is 21.6. The Morgan fingerprint density at radius 1 is 0.533 bits per heavy atom. The maximum absolute atomic E-state index is 14.9. The number of hydrogen-bond acceptors (Lipinski definition) is 8. The Labute approximate surface area is 450 Å². The van der Waals surface area contributed by atoms with Crippen molar-refractivity contribution in [1.82, 2.24) is 16.0 Å². The summed E-state index contributed by atoms with van der Waals surface area (Å²) >= 11 is 3.30. The van der Waals surface area contributed by atoms with Gasteiger partial charge in [0.2, 0.25) is 17.7 Å². The molecule has 5 atom stereocenters. The molecule has 4 N–H and O–H groups in total. The van der Waals surface area contributed by atoms with Crippen molar-refractivity contribution in [3.8, 4) is 0 Å². The van der Waals surface area contributed by atoms with Gasteiger partial charge in [0, 0.05) is 12.2 Å². The third kappa shape index (κ3) is 13.6. The smallest absolute Gasteiger partial charge is 0.309 e. The number of carbonyl (C=O) groups is 4. The van der Waals surface area contributed by atoms with Crippen molar-refractivity contribution in [3.63, 3.8) is 0 Å². The van der Waals surface area contributed by atoms with Crippen molar-refractivity contribution >= 4 is 47.2 Å². The van der Waals surface area contributed by atoms with Crippen LogP contribution in [0.4, 0.5) is 0 Å². The zero-order valence-corrected chi connectivity index (χ0v) is 44.0. The van der Waals surface area contributed by atoms with E-state index in [9.17, 15) is 24.3 Å². The first kappa shape index (κ1) is 54.1. The monoisotopic (exact) mass is 1040 g/mol. The van der Waals surface area contributed by atoms with Crippen LogP contribution in [0.2, 0.25) is 0 Å². The van der Waals surface area contributed by atoms with Gasteiger partial charge in [0.1, 0.15) is 18.2 Å². The molecule has 7 aromatic rings. The number of rotatable bonds is 17. The standard InChI is InChI=1S/C64H65N3O6S2/c1-46(2)60-57(68)44-59(70)73-54(40-24-25-41-74-63(48-28-12-4-13-29-48,49-30-14-5-15-31-49)50-32-16-6-17-33-50)43-58(69)65-55(42-47-26-10-3-11-27-47)61(71)66-56(62(72)67-60)45-75-64(51-34-18-7-19-35-51,52-36-20-8-21-37-52)53-38-22-9-23-39-53/h3-24,26-40,46,54-57,60,68H,25,41-45H2,1-2H3,(H,65,69)(H,66,71)(H,67,72)/t54-,55-,56-,57+,60-/m1/s1. The van der Waals surface area contributed by atoms with Crippen LogP contribution in [-0.2, 0) is 39.8 Å². The van der Waals surface area contributed by atoms with Gasteiger partial charge in [-0.15, -0.1) is 23.5 Å². The van der Waals surface area contributed by atoms with E-state index >= 15 is 0 Å². The van der Waals surface area contributed by atoms with Gasteiger partial charge < -0.3 is 25.8 Å². The molecule has 3 amide bonds. The zero-order chi connectivity index (χ0) is 52.5. The summed E-state index contributed by atoms with van der Waals surface area (Å²) in [5, 5.41) is 20.8. The quantitative estimate of drug-likeness (QED) is 0.0307. The van der Waals surface area contributed by atoms with Crippen molar-refractivity contribution in [2.45, 2.75) is 79.4 Å². The van der Waals surface area contributed by atoms with E-state index in [0.29, 0.717) is 12.2 Å². The molecular formula is C64H65N3O6S2. The summed E-state index contributed by atoms with van der Waals surface area (Å²) in [5.41, 5.74) is 7.12. The van der Waals surface area contributed by atoms with E-state index in [4.69, 9.17) is 4.74 Å². The normalized spacial score (nSPS) is 19.3. The molecule has 0 aromatic heterocycles. The summed E-state index contributed by atoms with van der Waals surface area (Å²) in [6.45, 7) is 3.71. The predicted octanol–water partition coefficient (Wildman–Crippen LogP) is 10.8. The number of esters is 1. The second-order valence-electron chi connectivity index (χ2n) is 19.1. The number of hydrogen-bond donors (Lipinski definition) is 4. The number of benzene rings is 7. The highest BCUT2D eigenvalue weighted by atomic mass is 32.2. The number of aliphatic hydroxyl groups excluding tert-OH is 1. The summed E-state index contributed by atoms with van der Waals surface area (Å²) in [7, 11) is 0. The number of thioether (sulfide) groups is 2. The van der Waals surface area contributed by atoms with Crippen LogP contribution in [0.15, 0.2) is 224 Å². The van der Waals surface area contributed by atoms with Crippen molar-refractivity contribution in [1.29, 1.82) is 0 Å². The van der Waals surface area contributed by atoms with Crippen LogP contribution in [0.25, 0.3) is 0 Å². The van der Waals surface area contributed by atoms with Crippen LogP contribution in [0.5, 0.6) is 0 Å².